The number of nitrogens with two attached hydrogens (primary N) is 1. The lowest BCUT2D eigenvalue weighted by Gasteiger charge is -2.12. The van der Waals surface area contributed by atoms with Crippen LogP contribution < -0.4 is 11.2 Å². The quantitative estimate of drug-likeness (QED) is 0.124. The molecule has 8 nitrogen and oxygen atoms in total. The summed E-state index contributed by atoms with van der Waals surface area (Å²) in [5.74, 6) is 0.939. The smallest absolute Gasteiger partial charge is 0.216 e. The molecule has 0 fully saturated rings. The fourth-order valence-corrected chi connectivity index (χ4v) is 4.03. The van der Waals surface area contributed by atoms with Crippen molar-refractivity contribution >= 4 is 46.3 Å². The van der Waals surface area contributed by atoms with Crippen LogP contribution >= 0.6 is 23.4 Å². The van der Waals surface area contributed by atoms with E-state index in [0.29, 0.717) is 22.4 Å². The van der Waals surface area contributed by atoms with Gasteiger partial charge in [-0.05, 0) is 28.5 Å². The van der Waals surface area contributed by atoms with Gasteiger partial charge in [0.2, 0.25) is 11.1 Å². The summed E-state index contributed by atoms with van der Waals surface area (Å²) in [5, 5.41) is 33.5. The third kappa shape index (κ3) is 4.91. The summed E-state index contributed by atoms with van der Waals surface area (Å²) in [5.41, 5.74) is 10.8. The number of halogens is 1. The standard InChI is InChI=1S/C21H19ClN6O2S/c22-17-9-12(7-8-18(17)29)19(30)26-24-10-13-5-6-14(16-4-2-1-3-15(13)16)11-31-21-25-20(23)27-28-21/h1-10,19,26,29-30H,11H2,(H3,23,25,27,28)/b24-10+. The monoisotopic (exact) mass is 454 g/mol. The summed E-state index contributed by atoms with van der Waals surface area (Å²) in [6.07, 6.45) is 0.588. The van der Waals surface area contributed by atoms with Crippen LogP contribution in [0.3, 0.4) is 0 Å². The van der Waals surface area contributed by atoms with E-state index >= 15 is 0 Å². The number of aromatic nitrogens is 3. The lowest BCUT2D eigenvalue weighted by atomic mass is 10.0. The van der Waals surface area contributed by atoms with Gasteiger partial charge < -0.3 is 15.9 Å². The van der Waals surface area contributed by atoms with Gasteiger partial charge in [0.1, 0.15) is 5.75 Å². The van der Waals surface area contributed by atoms with Crippen molar-refractivity contribution in [1.82, 2.24) is 20.6 Å². The highest BCUT2D eigenvalue weighted by atomic mass is 35.5. The van der Waals surface area contributed by atoms with Crippen molar-refractivity contribution in [1.29, 1.82) is 0 Å². The summed E-state index contributed by atoms with van der Waals surface area (Å²) in [6, 6.07) is 16.5. The molecule has 0 radical (unpaired) electrons. The van der Waals surface area contributed by atoms with Crippen LogP contribution in [0.5, 0.6) is 5.75 Å². The number of hydrogen-bond donors (Lipinski definition) is 5. The Labute approximate surface area is 187 Å². The first-order valence-electron chi connectivity index (χ1n) is 9.27. The molecule has 0 saturated heterocycles. The maximum atomic E-state index is 10.3. The van der Waals surface area contributed by atoms with Crippen molar-refractivity contribution in [2.45, 2.75) is 17.1 Å². The normalized spacial score (nSPS) is 12.5. The largest absolute Gasteiger partial charge is 0.506 e. The van der Waals surface area contributed by atoms with E-state index in [9.17, 15) is 10.2 Å². The molecule has 0 amide bonds. The number of hydrazone groups is 1. The number of benzene rings is 3. The average Bonchev–Trinajstić information content (AvgIpc) is 3.20. The van der Waals surface area contributed by atoms with Crippen LogP contribution in [0.1, 0.15) is 22.9 Å². The van der Waals surface area contributed by atoms with E-state index in [-0.39, 0.29) is 10.8 Å². The van der Waals surface area contributed by atoms with Crippen LogP contribution in [0.15, 0.2) is 64.9 Å². The fourth-order valence-electron chi connectivity index (χ4n) is 3.03. The van der Waals surface area contributed by atoms with Crippen molar-refractivity contribution in [3.05, 3.63) is 76.3 Å². The SMILES string of the molecule is Nc1nc(SCc2ccc(/C=N/NC(O)c3ccc(O)c(Cl)c3)c3ccccc23)n[nH]1. The molecular weight excluding hydrogens is 436 g/mol. The van der Waals surface area contributed by atoms with Crippen LogP contribution in [-0.2, 0) is 5.75 Å². The summed E-state index contributed by atoms with van der Waals surface area (Å²) in [4.78, 5) is 4.11. The molecule has 1 aromatic heterocycles. The highest BCUT2D eigenvalue weighted by Crippen LogP contribution is 2.28. The van der Waals surface area contributed by atoms with Crippen LogP contribution in [0.2, 0.25) is 5.02 Å². The average molecular weight is 455 g/mol. The predicted molar refractivity (Wildman–Crippen MR) is 123 cm³/mol. The number of hydrogen-bond acceptors (Lipinski definition) is 8. The predicted octanol–water partition coefficient (Wildman–Crippen LogP) is 3.81. The topological polar surface area (TPSA) is 132 Å². The minimum Gasteiger partial charge on any atom is -0.506 e. The van der Waals surface area contributed by atoms with Gasteiger partial charge in [-0.15, -0.1) is 5.10 Å². The third-order valence-corrected chi connectivity index (χ3v) is 5.77. The number of nitrogens with zero attached hydrogens (tertiary/aromatic N) is 3. The van der Waals surface area contributed by atoms with Crippen molar-refractivity contribution in [3.63, 3.8) is 0 Å². The number of H-pyrrole nitrogens is 1. The van der Waals surface area contributed by atoms with Crippen molar-refractivity contribution in [3.8, 4) is 5.75 Å². The molecule has 4 aromatic rings. The van der Waals surface area contributed by atoms with Gasteiger partial charge in [-0.25, -0.2) is 5.10 Å². The minimum absolute atomic E-state index is 0.0441. The van der Waals surface area contributed by atoms with Crippen molar-refractivity contribution < 1.29 is 10.2 Å². The Morgan fingerprint density at radius 2 is 2.00 bits per heavy atom. The number of fused-ring (bicyclic) bond motifs is 1. The first kappa shape index (κ1) is 21.0. The van der Waals surface area contributed by atoms with E-state index < -0.39 is 6.23 Å². The van der Waals surface area contributed by atoms with E-state index in [4.69, 9.17) is 17.3 Å². The van der Waals surface area contributed by atoms with Crippen LogP contribution in [0.4, 0.5) is 5.95 Å². The number of aromatic amines is 1. The molecule has 0 aliphatic rings. The zero-order chi connectivity index (χ0) is 21.8. The molecule has 158 valence electrons. The Morgan fingerprint density at radius 1 is 1.19 bits per heavy atom. The van der Waals surface area contributed by atoms with E-state index in [2.05, 4.69) is 31.8 Å². The number of phenolic OH excluding ortho intramolecular Hbond substituents is 1. The van der Waals surface area contributed by atoms with Gasteiger partial charge in [-0.2, -0.15) is 10.1 Å². The highest BCUT2D eigenvalue weighted by Gasteiger charge is 2.10. The number of nitrogens with one attached hydrogen (secondary N) is 2. The van der Waals surface area contributed by atoms with E-state index in [0.717, 1.165) is 21.9 Å². The number of phenols is 1. The molecule has 3 aromatic carbocycles. The second kappa shape index (κ2) is 9.25. The molecule has 31 heavy (non-hydrogen) atoms. The first-order chi connectivity index (χ1) is 15.0. The molecule has 0 aliphatic carbocycles. The molecule has 0 bridgehead atoms. The molecule has 10 heteroatoms. The minimum atomic E-state index is -1.06. The molecule has 6 N–H and O–H groups in total. The highest BCUT2D eigenvalue weighted by molar-refractivity contribution is 7.98. The zero-order valence-electron chi connectivity index (χ0n) is 16.2. The van der Waals surface area contributed by atoms with Gasteiger partial charge in [-0.1, -0.05) is 65.8 Å². The number of rotatable bonds is 7. The van der Waals surface area contributed by atoms with Gasteiger partial charge >= 0.3 is 0 Å². The lowest BCUT2D eigenvalue weighted by molar-refractivity contribution is 0.141. The van der Waals surface area contributed by atoms with E-state index in [1.807, 2.05) is 30.3 Å². The number of thioether (sulfide) groups is 1. The number of aliphatic hydroxyl groups is 1. The van der Waals surface area contributed by atoms with Gasteiger partial charge in [0.05, 0.1) is 11.2 Å². The lowest BCUT2D eigenvalue weighted by Crippen LogP contribution is -2.15. The Bertz CT molecular complexity index is 1250. The van der Waals surface area contributed by atoms with Crippen LogP contribution in [0.25, 0.3) is 10.8 Å². The van der Waals surface area contributed by atoms with Crippen LogP contribution in [-0.4, -0.2) is 31.6 Å². The molecular formula is C21H19ClN6O2S. The second-order valence-electron chi connectivity index (χ2n) is 6.65. The number of aromatic hydroxyl groups is 1. The maximum absolute atomic E-state index is 10.3. The first-order valence-corrected chi connectivity index (χ1v) is 10.6. The molecule has 1 atom stereocenters. The Hall–Kier alpha value is -3.27. The Morgan fingerprint density at radius 3 is 2.74 bits per heavy atom. The maximum Gasteiger partial charge on any atom is 0.216 e. The number of aliphatic hydroxyl groups excluding tert-OH is 1. The van der Waals surface area contributed by atoms with Gasteiger partial charge in [0.25, 0.3) is 0 Å². The van der Waals surface area contributed by atoms with Gasteiger partial charge in [0.15, 0.2) is 6.23 Å². The molecule has 0 aliphatic heterocycles. The molecule has 1 unspecified atom stereocenters. The summed E-state index contributed by atoms with van der Waals surface area (Å²) >= 11 is 7.38. The van der Waals surface area contributed by atoms with E-state index in [1.54, 1.807) is 12.3 Å². The van der Waals surface area contributed by atoms with Crippen LogP contribution in [0, 0.1) is 0 Å². The summed E-state index contributed by atoms with van der Waals surface area (Å²) < 4.78 is 0. The van der Waals surface area contributed by atoms with Gasteiger partial charge in [-0.3, -0.25) is 5.43 Å². The third-order valence-electron chi connectivity index (χ3n) is 4.57. The second-order valence-corrected chi connectivity index (χ2v) is 8.00. The Kier molecular flexibility index (Phi) is 6.26. The number of anilines is 1. The molecule has 0 saturated carbocycles. The van der Waals surface area contributed by atoms with Crippen molar-refractivity contribution in [2.24, 2.45) is 5.10 Å². The molecule has 1 heterocycles. The summed E-state index contributed by atoms with van der Waals surface area (Å²) in [6.45, 7) is 0. The van der Waals surface area contributed by atoms with E-state index in [1.165, 1.54) is 23.9 Å². The van der Waals surface area contributed by atoms with Gasteiger partial charge in [0, 0.05) is 16.9 Å². The zero-order valence-corrected chi connectivity index (χ0v) is 17.7. The fraction of sp³-hybridized carbons (Fsp3) is 0.0952. The Balaban J connectivity index is 1.50. The summed E-state index contributed by atoms with van der Waals surface area (Å²) in [7, 11) is 0. The molecule has 4 rings (SSSR count). The number of nitrogen functional groups attached to an aromatic ring is 1. The molecule has 0 spiro atoms. The van der Waals surface area contributed by atoms with Crippen molar-refractivity contribution in [2.75, 3.05) is 5.73 Å².